The van der Waals surface area contributed by atoms with Gasteiger partial charge in [-0.3, -0.25) is 9.59 Å². The molecule has 0 saturated heterocycles. The van der Waals surface area contributed by atoms with E-state index in [9.17, 15) is 9.59 Å². The zero-order chi connectivity index (χ0) is 17.8. The maximum atomic E-state index is 12.6. The number of ketones is 1. The molecule has 132 valence electrons. The first kappa shape index (κ1) is 17.7. The summed E-state index contributed by atoms with van der Waals surface area (Å²) >= 11 is 1.44. The third-order valence-electron chi connectivity index (χ3n) is 4.06. The normalized spacial score (nSPS) is 15.0. The van der Waals surface area contributed by atoms with Gasteiger partial charge in [-0.05, 0) is 50.5 Å². The maximum absolute atomic E-state index is 12.6. The minimum absolute atomic E-state index is 0.00934. The van der Waals surface area contributed by atoms with Crippen LogP contribution in [0.5, 0.6) is 0 Å². The van der Waals surface area contributed by atoms with Gasteiger partial charge < -0.3 is 9.88 Å². The summed E-state index contributed by atoms with van der Waals surface area (Å²) in [7, 11) is 0. The zero-order valence-electron chi connectivity index (χ0n) is 14.4. The van der Waals surface area contributed by atoms with E-state index in [4.69, 9.17) is 0 Å². The lowest BCUT2D eigenvalue weighted by Crippen LogP contribution is -2.15. The van der Waals surface area contributed by atoms with E-state index >= 15 is 0 Å². The van der Waals surface area contributed by atoms with Gasteiger partial charge in [-0.1, -0.05) is 18.7 Å². The Morgan fingerprint density at radius 3 is 2.68 bits per heavy atom. The van der Waals surface area contributed by atoms with Gasteiger partial charge in [0, 0.05) is 23.7 Å². The number of hydrogen-bond donors (Lipinski definition) is 1. The van der Waals surface area contributed by atoms with Gasteiger partial charge in [0.25, 0.3) is 0 Å². The van der Waals surface area contributed by atoms with Crippen LogP contribution in [0.4, 0.5) is 5.69 Å². The molecule has 1 atom stereocenters. The van der Waals surface area contributed by atoms with Crippen LogP contribution in [0.15, 0.2) is 35.7 Å². The summed E-state index contributed by atoms with van der Waals surface area (Å²) in [4.78, 5) is 24.3. The quantitative estimate of drug-likeness (QED) is 0.575. The van der Waals surface area contributed by atoms with Gasteiger partial charge in [0.2, 0.25) is 5.91 Å². The van der Waals surface area contributed by atoms with Gasteiger partial charge in [0.1, 0.15) is 6.33 Å². The molecule has 3 rings (SSSR count). The Labute approximate surface area is 151 Å². The van der Waals surface area contributed by atoms with Crippen LogP contribution < -0.4 is 5.32 Å². The smallest absolute Gasteiger partial charge is 0.224 e. The first-order valence-corrected chi connectivity index (χ1v) is 9.46. The third kappa shape index (κ3) is 4.48. The van der Waals surface area contributed by atoms with Crippen LogP contribution in [0.25, 0.3) is 0 Å². The van der Waals surface area contributed by atoms with Crippen LogP contribution in [0.3, 0.4) is 0 Å². The first-order chi connectivity index (χ1) is 12.1. The van der Waals surface area contributed by atoms with Gasteiger partial charge >= 0.3 is 0 Å². The Morgan fingerprint density at radius 2 is 2.04 bits per heavy atom. The number of nitrogens with one attached hydrogen (secondary N) is 1. The van der Waals surface area contributed by atoms with E-state index < -0.39 is 0 Å². The molecule has 0 unspecified atom stereocenters. The zero-order valence-corrected chi connectivity index (χ0v) is 15.3. The van der Waals surface area contributed by atoms with Gasteiger partial charge in [0.15, 0.2) is 10.9 Å². The molecule has 0 radical (unpaired) electrons. The second-order valence-electron chi connectivity index (χ2n) is 6.25. The minimum Gasteiger partial charge on any atom is -0.326 e. The maximum Gasteiger partial charge on any atom is 0.224 e. The molecular formula is C18H22N4O2S. The lowest BCUT2D eigenvalue weighted by atomic mass is 10.1. The van der Waals surface area contributed by atoms with Gasteiger partial charge in [-0.25, -0.2) is 0 Å². The lowest BCUT2D eigenvalue weighted by Gasteiger charge is -2.11. The van der Waals surface area contributed by atoms with E-state index in [2.05, 4.69) is 20.1 Å². The molecule has 1 fully saturated rings. The molecule has 25 heavy (non-hydrogen) atoms. The summed E-state index contributed by atoms with van der Waals surface area (Å²) in [5, 5.41) is 11.5. The fourth-order valence-corrected chi connectivity index (χ4v) is 3.51. The summed E-state index contributed by atoms with van der Waals surface area (Å²) in [5.41, 5.74) is 1.34. The summed E-state index contributed by atoms with van der Waals surface area (Å²) in [6, 6.07) is 7.54. The molecule has 1 aromatic carbocycles. The number of Topliss-reactive ketones (excluding diaryl/α,β-unsaturated/α-hetero) is 1. The van der Waals surface area contributed by atoms with E-state index in [1.165, 1.54) is 11.8 Å². The van der Waals surface area contributed by atoms with Crippen LogP contribution in [0, 0.1) is 0 Å². The Hall–Kier alpha value is -2.15. The topological polar surface area (TPSA) is 76.9 Å². The monoisotopic (exact) mass is 358 g/mol. The van der Waals surface area contributed by atoms with Crippen molar-refractivity contribution in [2.75, 3.05) is 5.32 Å². The molecule has 1 amide bonds. The average Bonchev–Trinajstić information content (AvgIpc) is 3.34. The fraction of sp³-hybridized carbons (Fsp3) is 0.444. The Bertz CT molecular complexity index is 753. The molecular weight excluding hydrogens is 336 g/mol. The molecule has 1 aliphatic rings. The highest BCUT2D eigenvalue weighted by atomic mass is 32.2. The standard InChI is InChI=1S/C18H22N4O2S/c1-3-4-16(23)20-14-7-5-13(6-8-14)17(24)12(2)25-18-21-19-11-22(18)15-9-10-15/h5-8,11-12,15H,3-4,9-10H2,1-2H3,(H,20,23)/t12-/m0/s1. The van der Waals surface area contributed by atoms with Crippen LogP contribution in [0.2, 0.25) is 0 Å². The van der Waals surface area contributed by atoms with Crippen molar-refractivity contribution in [3.63, 3.8) is 0 Å². The molecule has 1 aliphatic carbocycles. The van der Waals surface area contributed by atoms with Crippen molar-refractivity contribution in [2.24, 2.45) is 0 Å². The third-order valence-corrected chi connectivity index (χ3v) is 5.13. The average molecular weight is 358 g/mol. The summed E-state index contributed by atoms with van der Waals surface area (Å²) in [5.74, 6) is 0.0340. The van der Waals surface area contributed by atoms with Gasteiger partial charge in [-0.2, -0.15) is 0 Å². The minimum atomic E-state index is -0.248. The predicted octanol–water partition coefficient (Wildman–Crippen LogP) is 3.72. The van der Waals surface area contributed by atoms with Crippen LogP contribution >= 0.6 is 11.8 Å². The van der Waals surface area contributed by atoms with Gasteiger partial charge in [-0.15, -0.1) is 10.2 Å². The van der Waals surface area contributed by atoms with E-state index in [0.29, 0.717) is 23.7 Å². The lowest BCUT2D eigenvalue weighted by molar-refractivity contribution is -0.116. The van der Waals surface area contributed by atoms with Crippen LogP contribution in [0.1, 0.15) is 55.9 Å². The van der Waals surface area contributed by atoms with Crippen molar-refractivity contribution >= 4 is 29.1 Å². The number of aromatic nitrogens is 3. The largest absolute Gasteiger partial charge is 0.326 e. The molecule has 0 spiro atoms. The summed E-state index contributed by atoms with van der Waals surface area (Å²) < 4.78 is 2.06. The van der Waals surface area contributed by atoms with Crippen molar-refractivity contribution < 1.29 is 9.59 Å². The number of carbonyl (C=O) groups is 2. The first-order valence-electron chi connectivity index (χ1n) is 8.58. The molecule has 1 saturated carbocycles. The number of hydrogen-bond acceptors (Lipinski definition) is 5. The number of amides is 1. The predicted molar refractivity (Wildman–Crippen MR) is 97.9 cm³/mol. The molecule has 0 aliphatic heterocycles. The van der Waals surface area contributed by atoms with E-state index in [0.717, 1.165) is 24.4 Å². The van der Waals surface area contributed by atoms with E-state index in [1.54, 1.807) is 30.6 Å². The number of rotatable bonds is 8. The molecule has 1 N–H and O–H groups in total. The van der Waals surface area contributed by atoms with Crippen LogP contribution in [-0.4, -0.2) is 31.7 Å². The SMILES string of the molecule is CCCC(=O)Nc1ccc(C(=O)[C@H](C)Sc2nncn2C2CC2)cc1. The Balaban J connectivity index is 1.61. The molecule has 1 aromatic heterocycles. The van der Waals surface area contributed by atoms with Gasteiger partial charge in [0.05, 0.1) is 5.25 Å². The highest BCUT2D eigenvalue weighted by molar-refractivity contribution is 8.00. The van der Waals surface area contributed by atoms with Crippen molar-refractivity contribution in [2.45, 2.75) is 56.0 Å². The van der Waals surface area contributed by atoms with Crippen LogP contribution in [-0.2, 0) is 4.79 Å². The highest BCUT2D eigenvalue weighted by Crippen LogP contribution is 2.38. The van der Waals surface area contributed by atoms with E-state index in [-0.39, 0.29) is 16.9 Å². The summed E-state index contributed by atoms with van der Waals surface area (Å²) in [6.07, 6.45) is 5.35. The van der Waals surface area contributed by atoms with E-state index in [1.807, 2.05) is 13.8 Å². The second-order valence-corrected chi connectivity index (χ2v) is 7.56. The number of thioether (sulfide) groups is 1. The number of anilines is 1. The van der Waals surface area contributed by atoms with Crippen molar-refractivity contribution in [1.82, 2.24) is 14.8 Å². The molecule has 6 nitrogen and oxygen atoms in total. The molecule has 1 heterocycles. The number of nitrogens with zero attached hydrogens (tertiary/aromatic N) is 3. The molecule has 7 heteroatoms. The van der Waals surface area contributed by atoms with Crippen molar-refractivity contribution in [1.29, 1.82) is 0 Å². The summed E-state index contributed by atoms with van der Waals surface area (Å²) in [6.45, 7) is 3.85. The second kappa shape index (κ2) is 7.82. The highest BCUT2D eigenvalue weighted by Gasteiger charge is 2.28. The Morgan fingerprint density at radius 1 is 1.32 bits per heavy atom. The van der Waals surface area contributed by atoms with Crippen molar-refractivity contribution in [3.8, 4) is 0 Å². The fourth-order valence-electron chi connectivity index (χ4n) is 2.53. The number of carbonyl (C=O) groups excluding carboxylic acids is 2. The number of benzene rings is 1. The molecule has 2 aromatic rings. The Kier molecular flexibility index (Phi) is 5.53. The molecule has 0 bridgehead atoms. The van der Waals surface area contributed by atoms with Crippen molar-refractivity contribution in [3.05, 3.63) is 36.2 Å².